The molecule has 0 saturated carbocycles. The maximum absolute atomic E-state index is 11.0. The molecule has 0 aliphatic rings. The van der Waals surface area contributed by atoms with Crippen molar-refractivity contribution in [1.29, 1.82) is 0 Å². The molecule has 0 spiro atoms. The van der Waals surface area contributed by atoms with E-state index >= 15 is 0 Å². The molecule has 342 valence electrons. The Kier molecular flexibility index (Phi) is 47.7. The Morgan fingerprint density at radius 1 is 0.305 bits per heavy atom. The number of hydrogen-bond donors (Lipinski definition) is 0. The second kappa shape index (κ2) is 47.6. The number of hydrogen-bond acceptors (Lipinski definition) is 3. The van der Waals surface area contributed by atoms with Crippen molar-refractivity contribution in [2.75, 3.05) is 0 Å². The molecule has 5 heteroatoms. The molecule has 0 amide bonds. The second-order valence-corrected chi connectivity index (χ2v) is 20.1. The summed E-state index contributed by atoms with van der Waals surface area (Å²) < 4.78 is 33.1. The van der Waals surface area contributed by atoms with Crippen molar-refractivity contribution >= 4 is 10.1 Å². The standard InChI is InChI=1S/C54H102O3S.Na/c1-2-3-4-5-6-7-8-9-10-11-12-13-14-15-16-17-18-19-20-21-22-23-24-25-26-27-28-29-30-31-32-33-34-35-36-37-38-39-40-41-42-43-44-45-46-47-48-53-49-51-54(52-50-53)58(55,56)57;/h49-52H,2-48H2,1H3,(H,55,56,57);/q;+1/p-1. The van der Waals surface area contributed by atoms with Gasteiger partial charge in [0.2, 0.25) is 0 Å². The minimum Gasteiger partial charge on any atom is -0.744 e. The van der Waals surface area contributed by atoms with E-state index in [9.17, 15) is 13.0 Å². The van der Waals surface area contributed by atoms with Crippen LogP contribution in [0.2, 0.25) is 0 Å². The van der Waals surface area contributed by atoms with E-state index in [1.54, 1.807) is 12.1 Å². The molecule has 59 heavy (non-hydrogen) atoms. The van der Waals surface area contributed by atoms with E-state index in [1.165, 1.54) is 301 Å². The molecule has 1 aromatic rings. The van der Waals surface area contributed by atoms with Gasteiger partial charge in [0.05, 0.1) is 4.90 Å². The van der Waals surface area contributed by atoms with Crippen molar-refractivity contribution in [3.63, 3.8) is 0 Å². The Labute approximate surface area is 393 Å². The van der Waals surface area contributed by atoms with Gasteiger partial charge >= 0.3 is 29.6 Å². The van der Waals surface area contributed by atoms with Gasteiger partial charge < -0.3 is 4.55 Å². The van der Waals surface area contributed by atoms with Crippen LogP contribution in [-0.4, -0.2) is 13.0 Å². The first-order valence-corrected chi connectivity index (χ1v) is 28.0. The SMILES string of the molecule is CCCCCCCCCCCCCCCCCCCCCCCCCCCCCCCCCCCCCCCCCCCCCCCCc1ccc(S(=O)(=O)[O-])cc1.[Na+]. The number of benzene rings is 1. The second-order valence-electron chi connectivity index (χ2n) is 18.8. The molecule has 3 nitrogen and oxygen atoms in total. The summed E-state index contributed by atoms with van der Waals surface area (Å²) in [7, 11) is -4.33. The maximum atomic E-state index is 11.0. The fraction of sp³-hybridized carbons (Fsp3) is 0.889. The summed E-state index contributed by atoms with van der Waals surface area (Å²) in [4.78, 5) is -0.131. The van der Waals surface area contributed by atoms with Crippen LogP contribution in [0.3, 0.4) is 0 Å². The Bertz CT molecular complexity index is 1040. The van der Waals surface area contributed by atoms with E-state index in [-0.39, 0.29) is 34.5 Å². The van der Waals surface area contributed by atoms with E-state index < -0.39 is 10.1 Å². The molecular weight excluding hydrogens is 752 g/mol. The first-order valence-electron chi connectivity index (χ1n) is 26.6. The molecule has 0 fully saturated rings. The van der Waals surface area contributed by atoms with Gasteiger partial charge in [-0.3, -0.25) is 0 Å². The first kappa shape index (κ1) is 59.1. The zero-order valence-electron chi connectivity index (χ0n) is 40.2. The van der Waals surface area contributed by atoms with Crippen LogP contribution in [0, 0.1) is 0 Å². The summed E-state index contributed by atoms with van der Waals surface area (Å²) in [5, 5.41) is 0. The molecule has 0 radical (unpaired) electrons. The molecular formula is C54H101NaO3S. The molecule has 1 aromatic carbocycles. The Hall–Kier alpha value is 0.130. The van der Waals surface area contributed by atoms with Crippen LogP contribution in [-0.2, 0) is 16.5 Å². The van der Waals surface area contributed by atoms with Crippen LogP contribution >= 0.6 is 0 Å². The van der Waals surface area contributed by atoms with Gasteiger partial charge in [0, 0.05) is 0 Å². The molecule has 0 saturated heterocycles. The van der Waals surface area contributed by atoms with Gasteiger partial charge in [-0.15, -0.1) is 0 Å². The van der Waals surface area contributed by atoms with Crippen molar-refractivity contribution in [2.45, 2.75) is 314 Å². The number of rotatable bonds is 48. The third kappa shape index (κ3) is 44.5. The van der Waals surface area contributed by atoms with Crippen LogP contribution in [0.5, 0.6) is 0 Å². The summed E-state index contributed by atoms with van der Waals surface area (Å²) in [6.45, 7) is 2.31. The molecule has 0 bridgehead atoms. The minimum absolute atomic E-state index is 0. The summed E-state index contributed by atoms with van der Waals surface area (Å²) in [6.07, 6.45) is 67.3. The molecule has 0 N–H and O–H groups in total. The Morgan fingerprint density at radius 3 is 0.644 bits per heavy atom. The van der Waals surface area contributed by atoms with Crippen LogP contribution in [0.4, 0.5) is 0 Å². The van der Waals surface area contributed by atoms with E-state index in [4.69, 9.17) is 0 Å². The van der Waals surface area contributed by atoms with Gasteiger partial charge in [-0.05, 0) is 30.5 Å². The summed E-state index contributed by atoms with van der Waals surface area (Å²) in [6, 6.07) is 6.42. The van der Waals surface area contributed by atoms with Crippen LogP contribution in [0.15, 0.2) is 29.2 Å². The molecule has 1 rings (SSSR count). The van der Waals surface area contributed by atoms with Gasteiger partial charge in [-0.25, -0.2) is 8.42 Å². The third-order valence-electron chi connectivity index (χ3n) is 13.0. The fourth-order valence-electron chi connectivity index (χ4n) is 9.00. The summed E-state index contributed by atoms with van der Waals surface area (Å²) >= 11 is 0. The summed E-state index contributed by atoms with van der Waals surface area (Å²) in [5.74, 6) is 0. The average Bonchev–Trinajstić information content (AvgIpc) is 3.22. The number of unbranched alkanes of at least 4 members (excludes halogenated alkanes) is 45. The average molecular weight is 853 g/mol. The van der Waals surface area contributed by atoms with Crippen LogP contribution in [0.25, 0.3) is 0 Å². The largest absolute Gasteiger partial charge is 1.00 e. The van der Waals surface area contributed by atoms with Gasteiger partial charge in [0.1, 0.15) is 10.1 Å². The predicted octanol–water partition coefficient (Wildman–Crippen LogP) is 16.1. The molecule has 0 aromatic heterocycles. The van der Waals surface area contributed by atoms with Crippen molar-refractivity contribution in [2.24, 2.45) is 0 Å². The fourth-order valence-corrected chi connectivity index (χ4v) is 9.47. The quantitative estimate of drug-likeness (QED) is 0.0373. The van der Waals surface area contributed by atoms with E-state index in [0.717, 1.165) is 18.4 Å². The molecule has 0 aliphatic carbocycles. The van der Waals surface area contributed by atoms with Crippen molar-refractivity contribution in [3.05, 3.63) is 29.8 Å². The topological polar surface area (TPSA) is 57.2 Å². The van der Waals surface area contributed by atoms with E-state index in [1.807, 2.05) is 0 Å². The van der Waals surface area contributed by atoms with E-state index in [0.29, 0.717) is 0 Å². The third-order valence-corrected chi connectivity index (χ3v) is 13.9. The predicted molar refractivity (Wildman–Crippen MR) is 256 cm³/mol. The van der Waals surface area contributed by atoms with Crippen molar-refractivity contribution in [1.82, 2.24) is 0 Å². The Morgan fingerprint density at radius 2 is 0.475 bits per heavy atom. The molecule has 0 unspecified atom stereocenters. The van der Waals surface area contributed by atoms with Crippen LogP contribution < -0.4 is 29.6 Å². The van der Waals surface area contributed by atoms with Gasteiger partial charge in [-0.1, -0.05) is 308 Å². The maximum Gasteiger partial charge on any atom is 1.00 e. The monoisotopic (exact) mass is 853 g/mol. The zero-order valence-corrected chi connectivity index (χ0v) is 43.0. The zero-order chi connectivity index (χ0) is 41.7. The van der Waals surface area contributed by atoms with Crippen molar-refractivity contribution in [3.8, 4) is 0 Å². The molecule has 0 heterocycles. The smallest absolute Gasteiger partial charge is 0.744 e. The molecule has 0 atom stereocenters. The Balaban J connectivity index is 0.0000336. The van der Waals surface area contributed by atoms with E-state index in [2.05, 4.69) is 6.92 Å². The van der Waals surface area contributed by atoms with Gasteiger partial charge in [-0.2, -0.15) is 0 Å². The normalized spacial score (nSPS) is 11.7. The van der Waals surface area contributed by atoms with Crippen LogP contribution in [0.1, 0.15) is 308 Å². The van der Waals surface area contributed by atoms with Gasteiger partial charge in [0.15, 0.2) is 0 Å². The minimum atomic E-state index is -4.33. The first-order chi connectivity index (χ1) is 28.5. The summed E-state index contributed by atoms with van der Waals surface area (Å²) in [5.41, 5.74) is 1.12. The molecule has 0 aliphatic heterocycles. The number of aryl methyl sites for hydroxylation is 1. The van der Waals surface area contributed by atoms with Gasteiger partial charge in [0.25, 0.3) is 0 Å². The van der Waals surface area contributed by atoms with Crippen molar-refractivity contribution < 1.29 is 42.5 Å².